The molecule has 0 N–H and O–H groups in total. The fourth-order valence-electron chi connectivity index (χ4n) is 1.98. The second kappa shape index (κ2) is 5.96. The Labute approximate surface area is 131 Å². The van der Waals surface area contributed by atoms with Crippen LogP contribution >= 0.6 is 34.5 Å². The van der Waals surface area contributed by atoms with Crippen LogP contribution < -0.4 is 0 Å². The molecule has 4 heteroatoms. The topological polar surface area (TPSA) is 12.9 Å². The Morgan fingerprint density at radius 1 is 0.900 bits per heavy atom. The van der Waals surface area contributed by atoms with E-state index in [0.717, 1.165) is 31.7 Å². The molecule has 3 rings (SSSR count). The van der Waals surface area contributed by atoms with Crippen LogP contribution in [0.5, 0.6) is 0 Å². The zero-order valence-corrected chi connectivity index (χ0v) is 12.8. The Morgan fingerprint density at radius 3 is 2.25 bits per heavy atom. The Balaban J connectivity index is 2.07. The van der Waals surface area contributed by atoms with Gasteiger partial charge >= 0.3 is 0 Å². The van der Waals surface area contributed by atoms with Gasteiger partial charge in [0.1, 0.15) is 5.01 Å². The average Bonchev–Trinajstić information content (AvgIpc) is 2.93. The maximum atomic E-state index is 6.06. The van der Waals surface area contributed by atoms with Gasteiger partial charge in [-0.05, 0) is 12.1 Å². The smallest absolute Gasteiger partial charge is 0.124 e. The summed E-state index contributed by atoms with van der Waals surface area (Å²) in [6.07, 6.45) is 0. The minimum absolute atomic E-state index is 0.461. The van der Waals surface area contributed by atoms with Crippen molar-refractivity contribution in [1.82, 2.24) is 4.98 Å². The fourth-order valence-corrected chi connectivity index (χ4v) is 3.34. The predicted molar refractivity (Wildman–Crippen MR) is 87.6 cm³/mol. The van der Waals surface area contributed by atoms with Gasteiger partial charge in [-0.15, -0.1) is 22.9 Å². The summed E-state index contributed by atoms with van der Waals surface area (Å²) in [7, 11) is 0. The first kappa shape index (κ1) is 13.6. The Kier molecular flexibility index (Phi) is 4.06. The van der Waals surface area contributed by atoms with Gasteiger partial charge < -0.3 is 0 Å². The van der Waals surface area contributed by atoms with Crippen LogP contribution in [0.25, 0.3) is 21.8 Å². The number of thiazole rings is 1. The normalized spacial score (nSPS) is 10.7. The van der Waals surface area contributed by atoms with E-state index >= 15 is 0 Å². The molecule has 1 nitrogen and oxygen atoms in total. The predicted octanol–water partition coefficient (Wildman–Crippen LogP) is 5.87. The molecule has 0 aliphatic carbocycles. The number of benzene rings is 2. The average molecular weight is 320 g/mol. The van der Waals surface area contributed by atoms with E-state index in [1.807, 2.05) is 42.5 Å². The summed E-state index contributed by atoms with van der Waals surface area (Å²) >= 11 is 13.6. The molecule has 0 radical (unpaired) electrons. The fraction of sp³-hybridized carbons (Fsp3) is 0.0625. The number of hydrogen-bond acceptors (Lipinski definition) is 2. The van der Waals surface area contributed by atoms with Crippen LogP contribution in [0.15, 0.2) is 54.6 Å². The Bertz CT molecular complexity index is 705. The molecule has 0 bridgehead atoms. The van der Waals surface area contributed by atoms with Gasteiger partial charge in [-0.25, -0.2) is 4.98 Å². The summed E-state index contributed by atoms with van der Waals surface area (Å²) in [5.74, 6) is 0.461. The van der Waals surface area contributed by atoms with Gasteiger partial charge in [0, 0.05) is 21.0 Å². The number of aromatic nitrogens is 1. The molecule has 0 aliphatic rings. The molecule has 1 aromatic heterocycles. The summed E-state index contributed by atoms with van der Waals surface area (Å²) in [5, 5.41) is 1.71. The monoisotopic (exact) mass is 319 g/mol. The highest BCUT2D eigenvalue weighted by Gasteiger charge is 2.13. The zero-order valence-electron chi connectivity index (χ0n) is 10.5. The van der Waals surface area contributed by atoms with Gasteiger partial charge in [-0.3, -0.25) is 0 Å². The van der Waals surface area contributed by atoms with Crippen molar-refractivity contribution in [2.75, 3.05) is 0 Å². The van der Waals surface area contributed by atoms with E-state index in [-0.39, 0.29) is 0 Å². The molecule has 0 amide bonds. The number of rotatable bonds is 3. The molecule has 0 atom stereocenters. The molecule has 0 fully saturated rings. The van der Waals surface area contributed by atoms with E-state index in [1.165, 1.54) is 0 Å². The van der Waals surface area contributed by atoms with E-state index in [1.54, 1.807) is 11.3 Å². The number of nitrogens with zero attached hydrogens (tertiary/aromatic N) is 1. The summed E-state index contributed by atoms with van der Waals surface area (Å²) in [6, 6.07) is 17.8. The lowest BCUT2D eigenvalue weighted by molar-refractivity contribution is 1.35. The van der Waals surface area contributed by atoms with Crippen molar-refractivity contribution in [3.8, 4) is 21.8 Å². The van der Waals surface area contributed by atoms with Crippen molar-refractivity contribution in [3.05, 3.63) is 64.5 Å². The van der Waals surface area contributed by atoms with E-state index in [9.17, 15) is 0 Å². The van der Waals surface area contributed by atoms with E-state index in [0.29, 0.717) is 5.88 Å². The van der Waals surface area contributed by atoms with Gasteiger partial charge in [-0.1, -0.05) is 54.1 Å². The van der Waals surface area contributed by atoms with Crippen LogP contribution in [0, 0.1) is 0 Å². The van der Waals surface area contributed by atoms with Gasteiger partial charge in [0.25, 0.3) is 0 Å². The minimum atomic E-state index is 0.461. The number of halogens is 2. The first-order chi connectivity index (χ1) is 9.78. The lowest BCUT2D eigenvalue weighted by Crippen LogP contribution is -1.82. The molecule has 2 aromatic carbocycles. The van der Waals surface area contributed by atoms with Gasteiger partial charge in [-0.2, -0.15) is 0 Å². The van der Waals surface area contributed by atoms with E-state index in [4.69, 9.17) is 28.2 Å². The molecule has 0 spiro atoms. The van der Waals surface area contributed by atoms with Crippen LogP contribution in [-0.4, -0.2) is 4.98 Å². The molecule has 0 saturated carbocycles. The molecule has 0 saturated heterocycles. The lowest BCUT2D eigenvalue weighted by atomic mass is 10.1. The third-order valence-corrected chi connectivity index (χ3v) is 4.74. The first-order valence-corrected chi connectivity index (χ1v) is 7.88. The SMILES string of the molecule is ClCc1sc(-c2ccccc2)nc1-c1ccc(Cl)cc1. The van der Waals surface area contributed by atoms with Crippen molar-refractivity contribution >= 4 is 34.5 Å². The molecule has 1 heterocycles. The lowest BCUT2D eigenvalue weighted by Gasteiger charge is -1.99. The second-order valence-corrected chi connectivity index (χ2v) is 6.08. The summed E-state index contributed by atoms with van der Waals surface area (Å²) in [6.45, 7) is 0. The second-order valence-electron chi connectivity index (χ2n) is 4.30. The summed E-state index contributed by atoms with van der Waals surface area (Å²) in [5.41, 5.74) is 3.10. The van der Waals surface area contributed by atoms with Gasteiger partial charge in [0.05, 0.1) is 11.6 Å². The van der Waals surface area contributed by atoms with Crippen LogP contribution in [0.1, 0.15) is 4.88 Å². The molecule has 3 aromatic rings. The van der Waals surface area contributed by atoms with Gasteiger partial charge in [0.15, 0.2) is 0 Å². The molecule has 0 aliphatic heterocycles. The van der Waals surface area contributed by atoms with E-state index < -0.39 is 0 Å². The number of alkyl halides is 1. The Hall–Kier alpha value is -1.35. The third kappa shape index (κ3) is 2.73. The molecular weight excluding hydrogens is 309 g/mol. The standard InChI is InChI=1S/C16H11Cl2NS/c17-10-14-15(11-6-8-13(18)9-7-11)19-16(20-14)12-4-2-1-3-5-12/h1-9H,10H2. The largest absolute Gasteiger partial charge is 0.236 e. The molecule has 100 valence electrons. The quantitative estimate of drug-likeness (QED) is 0.550. The maximum Gasteiger partial charge on any atom is 0.124 e. The Morgan fingerprint density at radius 2 is 1.60 bits per heavy atom. The number of hydrogen-bond donors (Lipinski definition) is 0. The highest BCUT2D eigenvalue weighted by Crippen LogP contribution is 2.35. The van der Waals surface area contributed by atoms with E-state index in [2.05, 4.69) is 12.1 Å². The highest BCUT2D eigenvalue weighted by atomic mass is 35.5. The molecular formula is C16H11Cl2NS. The minimum Gasteiger partial charge on any atom is -0.236 e. The zero-order chi connectivity index (χ0) is 13.9. The van der Waals surface area contributed by atoms with Crippen molar-refractivity contribution in [2.45, 2.75) is 5.88 Å². The van der Waals surface area contributed by atoms with Crippen LogP contribution in [0.2, 0.25) is 5.02 Å². The van der Waals surface area contributed by atoms with Crippen molar-refractivity contribution in [2.24, 2.45) is 0 Å². The molecule has 0 unspecified atom stereocenters. The first-order valence-electron chi connectivity index (χ1n) is 6.15. The van der Waals surface area contributed by atoms with Crippen molar-refractivity contribution < 1.29 is 0 Å². The van der Waals surface area contributed by atoms with Crippen LogP contribution in [-0.2, 0) is 5.88 Å². The van der Waals surface area contributed by atoms with Crippen molar-refractivity contribution in [1.29, 1.82) is 0 Å². The van der Waals surface area contributed by atoms with Gasteiger partial charge in [0.2, 0.25) is 0 Å². The maximum absolute atomic E-state index is 6.06. The summed E-state index contributed by atoms with van der Waals surface area (Å²) < 4.78 is 0. The van der Waals surface area contributed by atoms with Crippen LogP contribution in [0.3, 0.4) is 0 Å². The highest BCUT2D eigenvalue weighted by molar-refractivity contribution is 7.15. The summed E-state index contributed by atoms with van der Waals surface area (Å²) in [4.78, 5) is 5.82. The van der Waals surface area contributed by atoms with Crippen molar-refractivity contribution in [3.63, 3.8) is 0 Å². The third-order valence-electron chi connectivity index (χ3n) is 2.96. The molecule has 20 heavy (non-hydrogen) atoms. The van der Waals surface area contributed by atoms with Crippen LogP contribution in [0.4, 0.5) is 0 Å².